The van der Waals surface area contributed by atoms with Crippen molar-refractivity contribution >= 4 is 5.91 Å². The van der Waals surface area contributed by atoms with E-state index in [1.54, 1.807) is 0 Å². The number of amides is 1. The van der Waals surface area contributed by atoms with Gasteiger partial charge in [-0.25, -0.2) is 0 Å². The Labute approximate surface area is 109 Å². The monoisotopic (exact) mass is 247 g/mol. The van der Waals surface area contributed by atoms with Crippen molar-refractivity contribution in [3.63, 3.8) is 0 Å². The summed E-state index contributed by atoms with van der Waals surface area (Å²) in [6.45, 7) is 3.40. The molecule has 1 aliphatic heterocycles. The molecule has 1 heterocycles. The number of nitrogens with zero attached hydrogens (tertiary/aromatic N) is 1. The van der Waals surface area contributed by atoms with Crippen LogP contribution in [0.3, 0.4) is 0 Å². The smallest absolute Gasteiger partial charge is 0.224 e. The van der Waals surface area contributed by atoms with Crippen LogP contribution in [0.4, 0.5) is 0 Å². The molecule has 1 saturated heterocycles. The van der Waals surface area contributed by atoms with E-state index in [2.05, 4.69) is 12.1 Å². The Morgan fingerprint density at radius 3 is 2.61 bits per heavy atom. The van der Waals surface area contributed by atoms with Gasteiger partial charge in [-0.2, -0.15) is 0 Å². The number of carbonyl (C=O) groups is 1. The molecule has 1 aliphatic rings. The van der Waals surface area contributed by atoms with Gasteiger partial charge in [-0.1, -0.05) is 30.3 Å². The summed E-state index contributed by atoms with van der Waals surface area (Å²) in [5.74, 6) is 0.315. The van der Waals surface area contributed by atoms with Gasteiger partial charge in [0.05, 0.1) is 6.61 Å². The molecule has 98 valence electrons. The SMILES string of the molecule is O=C1CCN1CCCCCOCc1ccccc1. The fourth-order valence-corrected chi connectivity index (χ4v) is 2.05. The zero-order chi connectivity index (χ0) is 12.6. The fourth-order valence-electron chi connectivity index (χ4n) is 2.05. The molecule has 0 aromatic heterocycles. The molecule has 3 heteroatoms. The fraction of sp³-hybridized carbons (Fsp3) is 0.533. The molecule has 0 bridgehead atoms. The van der Waals surface area contributed by atoms with E-state index in [-0.39, 0.29) is 0 Å². The summed E-state index contributed by atoms with van der Waals surface area (Å²) >= 11 is 0. The van der Waals surface area contributed by atoms with Crippen molar-refractivity contribution in [1.82, 2.24) is 4.90 Å². The van der Waals surface area contributed by atoms with Crippen LogP contribution in [-0.2, 0) is 16.1 Å². The van der Waals surface area contributed by atoms with Crippen molar-refractivity contribution in [1.29, 1.82) is 0 Å². The van der Waals surface area contributed by atoms with E-state index in [1.165, 1.54) is 5.56 Å². The van der Waals surface area contributed by atoms with Gasteiger partial charge in [0.15, 0.2) is 0 Å². The first kappa shape index (κ1) is 13.1. The maximum absolute atomic E-state index is 11.1. The summed E-state index contributed by atoms with van der Waals surface area (Å²) in [6, 6.07) is 10.2. The highest BCUT2D eigenvalue weighted by Gasteiger charge is 2.22. The van der Waals surface area contributed by atoms with Crippen molar-refractivity contribution in [2.24, 2.45) is 0 Å². The number of hydrogen-bond donors (Lipinski definition) is 0. The molecular weight excluding hydrogens is 226 g/mol. The molecule has 2 rings (SSSR count). The van der Waals surface area contributed by atoms with E-state index >= 15 is 0 Å². The lowest BCUT2D eigenvalue weighted by molar-refractivity contribution is -0.139. The highest BCUT2D eigenvalue weighted by Crippen LogP contribution is 2.10. The first-order valence-corrected chi connectivity index (χ1v) is 6.76. The average Bonchev–Trinajstić information content (AvgIpc) is 2.41. The third kappa shape index (κ3) is 4.15. The number of benzene rings is 1. The Bertz CT molecular complexity index is 364. The number of carbonyl (C=O) groups excluding carboxylic acids is 1. The number of β-lactam (4-membered cyclic amide) rings is 1. The van der Waals surface area contributed by atoms with E-state index in [4.69, 9.17) is 4.74 Å². The maximum atomic E-state index is 11.1. The largest absolute Gasteiger partial charge is 0.377 e. The van der Waals surface area contributed by atoms with E-state index in [1.807, 2.05) is 23.1 Å². The Balaban J connectivity index is 1.43. The van der Waals surface area contributed by atoms with Gasteiger partial charge in [-0.05, 0) is 24.8 Å². The summed E-state index contributed by atoms with van der Waals surface area (Å²) in [4.78, 5) is 13.0. The Morgan fingerprint density at radius 1 is 1.11 bits per heavy atom. The second kappa shape index (κ2) is 7.17. The van der Waals surface area contributed by atoms with Gasteiger partial charge in [0, 0.05) is 26.1 Å². The number of likely N-dealkylation sites (tertiary alicyclic amines) is 1. The van der Waals surface area contributed by atoms with Crippen LogP contribution in [0.15, 0.2) is 30.3 Å². The Kier molecular flexibility index (Phi) is 5.21. The first-order valence-electron chi connectivity index (χ1n) is 6.76. The minimum atomic E-state index is 0.315. The molecule has 0 saturated carbocycles. The normalized spacial score (nSPS) is 14.7. The molecule has 18 heavy (non-hydrogen) atoms. The quantitative estimate of drug-likeness (QED) is 0.522. The van der Waals surface area contributed by atoms with Gasteiger partial charge in [0.1, 0.15) is 0 Å². The van der Waals surface area contributed by atoms with Gasteiger partial charge >= 0.3 is 0 Å². The summed E-state index contributed by atoms with van der Waals surface area (Å²) in [5.41, 5.74) is 1.23. The van der Waals surface area contributed by atoms with Crippen LogP contribution in [-0.4, -0.2) is 30.5 Å². The zero-order valence-electron chi connectivity index (χ0n) is 10.8. The molecule has 0 radical (unpaired) electrons. The molecule has 1 fully saturated rings. The molecule has 0 unspecified atom stereocenters. The number of ether oxygens (including phenoxy) is 1. The molecule has 0 spiro atoms. The number of hydrogen-bond acceptors (Lipinski definition) is 2. The van der Waals surface area contributed by atoms with Crippen molar-refractivity contribution in [3.05, 3.63) is 35.9 Å². The van der Waals surface area contributed by atoms with E-state index in [9.17, 15) is 4.79 Å². The number of unbranched alkanes of at least 4 members (excludes halogenated alkanes) is 2. The molecule has 0 atom stereocenters. The molecule has 1 aromatic rings. The van der Waals surface area contributed by atoms with Crippen LogP contribution in [0.5, 0.6) is 0 Å². The minimum Gasteiger partial charge on any atom is -0.377 e. The van der Waals surface area contributed by atoms with Crippen LogP contribution in [0, 0.1) is 0 Å². The third-order valence-corrected chi connectivity index (χ3v) is 3.28. The van der Waals surface area contributed by atoms with Gasteiger partial charge in [-0.3, -0.25) is 4.79 Å². The van der Waals surface area contributed by atoms with E-state index < -0.39 is 0 Å². The average molecular weight is 247 g/mol. The van der Waals surface area contributed by atoms with Crippen molar-refractivity contribution in [3.8, 4) is 0 Å². The van der Waals surface area contributed by atoms with Gasteiger partial charge < -0.3 is 9.64 Å². The summed E-state index contributed by atoms with van der Waals surface area (Å²) in [6.07, 6.45) is 4.06. The molecule has 0 N–H and O–H groups in total. The molecule has 0 aliphatic carbocycles. The van der Waals surface area contributed by atoms with E-state index in [0.717, 1.165) is 45.4 Å². The minimum absolute atomic E-state index is 0.315. The summed E-state index contributed by atoms with van der Waals surface area (Å²) in [7, 11) is 0. The lowest BCUT2D eigenvalue weighted by Gasteiger charge is -2.30. The van der Waals surface area contributed by atoms with Gasteiger partial charge in [-0.15, -0.1) is 0 Å². The molecule has 3 nitrogen and oxygen atoms in total. The lowest BCUT2D eigenvalue weighted by Crippen LogP contribution is -2.43. The molecular formula is C15H21NO2. The Morgan fingerprint density at radius 2 is 1.94 bits per heavy atom. The topological polar surface area (TPSA) is 29.5 Å². The first-order chi connectivity index (χ1) is 8.86. The van der Waals surface area contributed by atoms with E-state index in [0.29, 0.717) is 12.5 Å². The second-order valence-corrected chi connectivity index (χ2v) is 4.73. The summed E-state index contributed by atoms with van der Waals surface area (Å²) in [5, 5.41) is 0. The standard InChI is InChI=1S/C15H21NO2/c17-15-9-11-16(15)10-5-2-6-12-18-13-14-7-3-1-4-8-14/h1,3-4,7-8H,2,5-6,9-13H2. The van der Waals surface area contributed by atoms with Crippen LogP contribution in [0.25, 0.3) is 0 Å². The van der Waals surface area contributed by atoms with Crippen molar-refractivity contribution in [2.45, 2.75) is 32.3 Å². The van der Waals surface area contributed by atoms with Crippen LogP contribution < -0.4 is 0 Å². The van der Waals surface area contributed by atoms with Gasteiger partial charge in [0.2, 0.25) is 5.91 Å². The number of rotatable bonds is 8. The van der Waals surface area contributed by atoms with Crippen LogP contribution >= 0.6 is 0 Å². The van der Waals surface area contributed by atoms with Crippen LogP contribution in [0.2, 0.25) is 0 Å². The predicted octanol–water partition coefficient (Wildman–Crippen LogP) is 2.61. The molecule has 1 amide bonds. The zero-order valence-corrected chi connectivity index (χ0v) is 10.8. The Hall–Kier alpha value is -1.35. The lowest BCUT2D eigenvalue weighted by atomic mass is 10.1. The maximum Gasteiger partial charge on any atom is 0.224 e. The highest BCUT2D eigenvalue weighted by atomic mass is 16.5. The van der Waals surface area contributed by atoms with Crippen LogP contribution in [0.1, 0.15) is 31.2 Å². The van der Waals surface area contributed by atoms with Gasteiger partial charge in [0.25, 0.3) is 0 Å². The summed E-state index contributed by atoms with van der Waals surface area (Å²) < 4.78 is 5.61. The predicted molar refractivity (Wildman–Crippen MR) is 71.1 cm³/mol. The third-order valence-electron chi connectivity index (χ3n) is 3.28. The van der Waals surface area contributed by atoms with Crippen molar-refractivity contribution in [2.75, 3.05) is 19.7 Å². The van der Waals surface area contributed by atoms with Crippen molar-refractivity contribution < 1.29 is 9.53 Å². The molecule has 1 aromatic carbocycles. The highest BCUT2D eigenvalue weighted by molar-refractivity contribution is 5.81. The second-order valence-electron chi connectivity index (χ2n) is 4.73.